The predicted molar refractivity (Wildman–Crippen MR) is 55.1 cm³/mol. The van der Waals surface area contributed by atoms with Crippen LogP contribution in [-0.4, -0.2) is 13.9 Å². The Morgan fingerprint density at radius 2 is 2.00 bits per heavy atom. The monoisotopic (exact) mass is 184 g/mol. The lowest BCUT2D eigenvalue weighted by molar-refractivity contribution is -0.123. The summed E-state index contributed by atoms with van der Waals surface area (Å²) in [5, 5.41) is 0. The van der Waals surface area contributed by atoms with E-state index in [-0.39, 0.29) is 0 Å². The maximum atomic E-state index is 11.5. The molecule has 1 aliphatic rings. The smallest absolute Gasteiger partial charge is 0.135 e. The van der Waals surface area contributed by atoms with Crippen LogP contribution in [0.15, 0.2) is 0 Å². The fraction of sp³-hybridized carbons (Fsp3) is 0.900. The molecule has 1 rings (SSSR count). The maximum Gasteiger partial charge on any atom is 0.135 e. The molecule has 70 valence electrons. The Balaban J connectivity index is 2.45. The van der Waals surface area contributed by atoms with Gasteiger partial charge in [-0.15, -0.1) is 0 Å². The van der Waals surface area contributed by atoms with Gasteiger partial charge in [-0.05, 0) is 18.9 Å². The zero-order valence-corrected chi connectivity index (χ0v) is 9.52. The summed E-state index contributed by atoms with van der Waals surface area (Å²) in [5.74, 6) is 0.981. The summed E-state index contributed by atoms with van der Waals surface area (Å²) in [5.41, 5.74) is 0. The quantitative estimate of drug-likeness (QED) is 0.603. The highest BCUT2D eigenvalue weighted by molar-refractivity contribution is 6.76. The molecule has 0 bridgehead atoms. The van der Waals surface area contributed by atoms with Crippen LogP contribution in [0.4, 0.5) is 0 Å². The van der Waals surface area contributed by atoms with E-state index in [4.69, 9.17) is 0 Å². The van der Waals surface area contributed by atoms with Gasteiger partial charge in [0.05, 0.1) is 0 Å². The molecule has 0 aliphatic heterocycles. The van der Waals surface area contributed by atoms with Crippen LogP contribution < -0.4 is 0 Å². The summed E-state index contributed by atoms with van der Waals surface area (Å²) in [6.07, 6.45) is 4.44. The second-order valence-corrected chi connectivity index (χ2v) is 10.7. The summed E-state index contributed by atoms with van der Waals surface area (Å²) in [6, 6.07) is 1.21. The van der Waals surface area contributed by atoms with Crippen LogP contribution in [0.25, 0.3) is 0 Å². The van der Waals surface area contributed by atoms with E-state index >= 15 is 0 Å². The Kier molecular flexibility index (Phi) is 3.10. The van der Waals surface area contributed by atoms with Gasteiger partial charge in [-0.2, -0.15) is 0 Å². The van der Waals surface area contributed by atoms with Gasteiger partial charge in [-0.1, -0.05) is 26.1 Å². The van der Waals surface area contributed by atoms with Gasteiger partial charge >= 0.3 is 0 Å². The van der Waals surface area contributed by atoms with Crippen LogP contribution in [0.5, 0.6) is 0 Å². The third kappa shape index (κ3) is 3.09. The lowest BCUT2D eigenvalue weighted by atomic mass is 9.89. The molecule has 1 unspecified atom stereocenters. The van der Waals surface area contributed by atoms with E-state index in [1.54, 1.807) is 0 Å². The summed E-state index contributed by atoms with van der Waals surface area (Å²) in [6.45, 7) is 7.07. The van der Waals surface area contributed by atoms with Crippen molar-refractivity contribution >= 4 is 13.9 Å². The molecular formula is C10H20OSi. The van der Waals surface area contributed by atoms with E-state index in [0.29, 0.717) is 11.7 Å². The van der Waals surface area contributed by atoms with Gasteiger partial charge in [0.25, 0.3) is 0 Å². The van der Waals surface area contributed by atoms with Gasteiger partial charge < -0.3 is 0 Å². The lowest BCUT2D eigenvalue weighted by Gasteiger charge is -2.26. The summed E-state index contributed by atoms with van der Waals surface area (Å²) in [7, 11) is -1.01. The van der Waals surface area contributed by atoms with E-state index in [1.165, 1.54) is 18.9 Å². The highest BCUT2D eigenvalue weighted by Crippen LogP contribution is 2.28. The van der Waals surface area contributed by atoms with Crippen LogP contribution >= 0.6 is 0 Å². The topological polar surface area (TPSA) is 17.1 Å². The van der Waals surface area contributed by atoms with Crippen molar-refractivity contribution in [3.8, 4) is 0 Å². The average molecular weight is 184 g/mol. The highest BCUT2D eigenvalue weighted by atomic mass is 28.3. The van der Waals surface area contributed by atoms with Crippen molar-refractivity contribution in [2.24, 2.45) is 5.92 Å². The fourth-order valence-corrected chi connectivity index (χ4v) is 3.92. The molecule has 1 fully saturated rings. The summed E-state index contributed by atoms with van der Waals surface area (Å²) < 4.78 is 0. The molecule has 1 saturated carbocycles. The van der Waals surface area contributed by atoms with Gasteiger partial charge in [0.2, 0.25) is 0 Å². The van der Waals surface area contributed by atoms with E-state index in [2.05, 4.69) is 19.6 Å². The van der Waals surface area contributed by atoms with Crippen LogP contribution in [0, 0.1) is 5.92 Å². The van der Waals surface area contributed by atoms with Crippen molar-refractivity contribution in [1.29, 1.82) is 0 Å². The van der Waals surface area contributed by atoms with Crippen LogP contribution in [0.1, 0.15) is 25.7 Å². The minimum absolute atomic E-state index is 0.436. The second-order valence-electron chi connectivity index (χ2n) is 5.17. The zero-order chi connectivity index (χ0) is 9.19. The number of ketones is 1. The van der Waals surface area contributed by atoms with E-state index in [1.807, 2.05) is 0 Å². The number of hydrogen-bond acceptors (Lipinski definition) is 1. The molecule has 0 amide bonds. The Bertz CT molecular complexity index is 169. The average Bonchev–Trinajstić information content (AvgIpc) is 1.91. The van der Waals surface area contributed by atoms with Crippen molar-refractivity contribution in [3.05, 3.63) is 0 Å². The number of carbonyl (C=O) groups is 1. The molecule has 0 aromatic rings. The first-order valence-corrected chi connectivity index (χ1v) is 8.72. The number of rotatable bonds is 2. The van der Waals surface area contributed by atoms with Gasteiger partial charge in [0, 0.05) is 20.4 Å². The fourth-order valence-electron chi connectivity index (χ4n) is 2.01. The van der Waals surface area contributed by atoms with Crippen molar-refractivity contribution in [2.45, 2.75) is 51.4 Å². The minimum Gasteiger partial charge on any atom is -0.299 e. The summed E-state index contributed by atoms with van der Waals surface area (Å²) >= 11 is 0. The zero-order valence-electron chi connectivity index (χ0n) is 8.52. The molecule has 12 heavy (non-hydrogen) atoms. The van der Waals surface area contributed by atoms with Crippen LogP contribution in [0.2, 0.25) is 25.7 Å². The number of Topliss-reactive ketones (excluding diaryl/α,β-unsaturated/α-hetero) is 1. The van der Waals surface area contributed by atoms with Crippen molar-refractivity contribution in [1.82, 2.24) is 0 Å². The molecule has 0 aromatic carbocycles. The van der Waals surface area contributed by atoms with Crippen LogP contribution in [-0.2, 0) is 4.79 Å². The van der Waals surface area contributed by atoms with Gasteiger partial charge in [-0.25, -0.2) is 0 Å². The number of hydrogen-bond donors (Lipinski definition) is 0. The van der Waals surface area contributed by atoms with Gasteiger partial charge in [0.15, 0.2) is 0 Å². The SMILES string of the molecule is C[Si](C)(C)CC1CCCCC1=O. The molecule has 1 aliphatic carbocycles. The molecule has 0 N–H and O–H groups in total. The molecule has 0 spiro atoms. The molecule has 0 aromatic heterocycles. The maximum absolute atomic E-state index is 11.5. The summed E-state index contributed by atoms with van der Waals surface area (Å²) in [4.78, 5) is 11.5. The van der Waals surface area contributed by atoms with Crippen molar-refractivity contribution < 1.29 is 4.79 Å². The third-order valence-electron chi connectivity index (χ3n) is 2.54. The van der Waals surface area contributed by atoms with Gasteiger partial charge in [-0.3, -0.25) is 4.79 Å². The largest absolute Gasteiger partial charge is 0.299 e. The number of carbonyl (C=O) groups excluding carboxylic acids is 1. The van der Waals surface area contributed by atoms with E-state index < -0.39 is 8.07 Å². The van der Waals surface area contributed by atoms with Crippen molar-refractivity contribution in [3.63, 3.8) is 0 Å². The normalized spacial score (nSPS) is 25.9. The minimum atomic E-state index is -1.01. The standard InChI is InChI=1S/C10H20OSi/c1-12(2,3)8-9-6-4-5-7-10(9)11/h9H,4-8H2,1-3H3. The Labute approximate surface area is 76.6 Å². The Hall–Kier alpha value is -0.113. The second kappa shape index (κ2) is 3.73. The molecule has 1 nitrogen and oxygen atoms in total. The third-order valence-corrected chi connectivity index (χ3v) is 4.26. The van der Waals surface area contributed by atoms with E-state index in [9.17, 15) is 4.79 Å². The van der Waals surface area contributed by atoms with Crippen LogP contribution in [0.3, 0.4) is 0 Å². The van der Waals surface area contributed by atoms with Crippen molar-refractivity contribution in [2.75, 3.05) is 0 Å². The first kappa shape index (κ1) is 9.97. The predicted octanol–water partition coefficient (Wildman–Crippen LogP) is 3.08. The molecule has 0 saturated heterocycles. The lowest BCUT2D eigenvalue weighted by Crippen LogP contribution is -2.29. The highest BCUT2D eigenvalue weighted by Gasteiger charge is 2.27. The first-order chi connectivity index (χ1) is 5.49. The molecular weight excluding hydrogens is 164 g/mol. The molecule has 0 heterocycles. The molecule has 1 atom stereocenters. The Morgan fingerprint density at radius 3 is 2.50 bits per heavy atom. The Morgan fingerprint density at radius 1 is 1.33 bits per heavy atom. The molecule has 0 radical (unpaired) electrons. The van der Waals surface area contributed by atoms with E-state index in [0.717, 1.165) is 12.8 Å². The van der Waals surface area contributed by atoms with Gasteiger partial charge in [0.1, 0.15) is 5.78 Å². The molecule has 2 heteroatoms. The first-order valence-electron chi connectivity index (χ1n) is 5.02.